The van der Waals surface area contributed by atoms with Crippen LogP contribution in [0.3, 0.4) is 0 Å². The summed E-state index contributed by atoms with van der Waals surface area (Å²) in [6, 6.07) is 2.47. The highest BCUT2D eigenvalue weighted by molar-refractivity contribution is 5.99. The van der Waals surface area contributed by atoms with Crippen molar-refractivity contribution in [2.45, 2.75) is 0 Å². The Hall–Kier alpha value is -2.04. The molecule has 0 heterocycles. The molecule has 0 spiro atoms. The molecule has 1 rings (SSSR count). The quantitative estimate of drug-likeness (QED) is 0.380. The molecule has 68 valence electrons. The summed E-state index contributed by atoms with van der Waals surface area (Å²) in [7, 11) is 0. The minimum absolute atomic E-state index is 0.0345. The van der Waals surface area contributed by atoms with Gasteiger partial charge in [-0.15, -0.1) is 0 Å². The molecule has 6 N–H and O–H groups in total. The number of primary amides is 1. The number of carbonyl (C=O) groups is 1. The number of hydrogen-bond donors (Lipinski definition) is 4. The van der Waals surface area contributed by atoms with Crippen molar-refractivity contribution in [3.63, 3.8) is 0 Å². The van der Waals surface area contributed by atoms with E-state index in [1.54, 1.807) is 0 Å². The van der Waals surface area contributed by atoms with Crippen LogP contribution in [0.1, 0.15) is 15.9 Å². The maximum atomic E-state index is 10.7. The molecule has 1 amide bonds. The average Bonchev–Trinajstić information content (AvgIpc) is 2.03. The summed E-state index contributed by atoms with van der Waals surface area (Å²) in [5, 5.41) is 16.2. The maximum absolute atomic E-state index is 10.7. The molecule has 0 aliphatic carbocycles. The molecule has 0 saturated carbocycles. The molecule has 0 aromatic heterocycles. The maximum Gasteiger partial charge on any atom is 0.252 e. The van der Waals surface area contributed by atoms with Crippen LogP contribution in [-0.4, -0.2) is 17.2 Å². The summed E-state index contributed by atoms with van der Waals surface area (Å²) < 4.78 is 0. The smallest absolute Gasteiger partial charge is 0.252 e. The average molecular weight is 179 g/mol. The topological polar surface area (TPSA) is 113 Å². The molecule has 0 aliphatic rings. The van der Waals surface area contributed by atoms with Crippen LogP contribution in [0.2, 0.25) is 0 Å². The molecule has 13 heavy (non-hydrogen) atoms. The minimum Gasteiger partial charge on any atom is -0.507 e. The van der Waals surface area contributed by atoms with Crippen LogP contribution in [0.4, 0.5) is 5.69 Å². The van der Waals surface area contributed by atoms with E-state index in [-0.39, 0.29) is 17.0 Å². The van der Waals surface area contributed by atoms with E-state index in [9.17, 15) is 9.90 Å². The first kappa shape index (κ1) is 9.05. The number of amides is 1. The zero-order valence-electron chi connectivity index (χ0n) is 6.74. The van der Waals surface area contributed by atoms with Crippen molar-refractivity contribution in [1.82, 2.24) is 0 Å². The molecule has 1 aromatic rings. The molecule has 5 nitrogen and oxygen atoms in total. The van der Waals surface area contributed by atoms with E-state index in [0.29, 0.717) is 5.56 Å². The van der Waals surface area contributed by atoms with Crippen molar-refractivity contribution >= 4 is 17.8 Å². The van der Waals surface area contributed by atoms with Gasteiger partial charge in [0.05, 0.1) is 5.56 Å². The molecule has 0 fully saturated rings. The van der Waals surface area contributed by atoms with Crippen LogP contribution >= 0.6 is 0 Å². The fourth-order valence-corrected chi connectivity index (χ4v) is 0.944. The molecule has 0 radical (unpaired) electrons. The fourth-order valence-electron chi connectivity index (χ4n) is 0.944. The predicted octanol–water partition coefficient (Wildman–Crippen LogP) is 0.0710. The van der Waals surface area contributed by atoms with Gasteiger partial charge in [-0.1, -0.05) is 0 Å². The summed E-state index contributed by atoms with van der Waals surface area (Å²) in [6.45, 7) is 0. The van der Waals surface area contributed by atoms with Crippen molar-refractivity contribution in [3.8, 4) is 5.75 Å². The van der Waals surface area contributed by atoms with Crippen LogP contribution in [0, 0.1) is 5.41 Å². The van der Waals surface area contributed by atoms with Crippen molar-refractivity contribution in [3.05, 3.63) is 23.3 Å². The van der Waals surface area contributed by atoms with Crippen molar-refractivity contribution in [2.24, 2.45) is 5.73 Å². The number of nitrogens with two attached hydrogens (primary N) is 2. The van der Waals surface area contributed by atoms with Gasteiger partial charge < -0.3 is 22.0 Å². The van der Waals surface area contributed by atoms with Gasteiger partial charge in [0.15, 0.2) is 0 Å². The Kier molecular flexibility index (Phi) is 2.19. The normalized spacial score (nSPS) is 9.54. The molecule has 0 aliphatic heterocycles. The Morgan fingerprint density at radius 2 is 2.15 bits per heavy atom. The summed E-state index contributed by atoms with van der Waals surface area (Å²) in [4.78, 5) is 10.7. The Balaban J connectivity index is 3.38. The number of hydrogen-bond acceptors (Lipinski definition) is 4. The predicted molar refractivity (Wildman–Crippen MR) is 48.9 cm³/mol. The number of anilines is 1. The van der Waals surface area contributed by atoms with Crippen LogP contribution in [0.25, 0.3) is 0 Å². The van der Waals surface area contributed by atoms with E-state index < -0.39 is 5.91 Å². The van der Waals surface area contributed by atoms with Crippen molar-refractivity contribution in [1.29, 1.82) is 5.41 Å². The van der Waals surface area contributed by atoms with E-state index in [2.05, 4.69) is 0 Å². The molecule has 1 aromatic carbocycles. The number of carbonyl (C=O) groups excluding carboxylic acids is 1. The lowest BCUT2D eigenvalue weighted by Crippen LogP contribution is -2.12. The summed E-state index contributed by atoms with van der Waals surface area (Å²) >= 11 is 0. The molecule has 0 atom stereocenters. The van der Waals surface area contributed by atoms with E-state index >= 15 is 0 Å². The first-order valence-corrected chi connectivity index (χ1v) is 3.49. The van der Waals surface area contributed by atoms with Crippen LogP contribution in [0.5, 0.6) is 5.75 Å². The van der Waals surface area contributed by atoms with Gasteiger partial charge in [-0.2, -0.15) is 0 Å². The second-order valence-corrected chi connectivity index (χ2v) is 2.51. The monoisotopic (exact) mass is 179 g/mol. The van der Waals surface area contributed by atoms with Gasteiger partial charge in [-0.3, -0.25) is 4.79 Å². The zero-order valence-corrected chi connectivity index (χ0v) is 6.74. The van der Waals surface area contributed by atoms with Crippen molar-refractivity contribution < 1.29 is 9.90 Å². The molecule has 0 bridgehead atoms. The van der Waals surface area contributed by atoms with Gasteiger partial charge in [0, 0.05) is 23.5 Å². The van der Waals surface area contributed by atoms with Gasteiger partial charge in [0.25, 0.3) is 5.91 Å². The number of rotatable bonds is 2. The van der Waals surface area contributed by atoms with Gasteiger partial charge in [-0.25, -0.2) is 0 Å². The highest BCUT2D eigenvalue weighted by atomic mass is 16.3. The fraction of sp³-hybridized carbons (Fsp3) is 0. The third-order valence-electron chi connectivity index (χ3n) is 1.62. The lowest BCUT2D eigenvalue weighted by molar-refractivity contribution is 0.0998. The Bertz CT molecular complexity index is 374. The zero-order chi connectivity index (χ0) is 10.0. The first-order chi connectivity index (χ1) is 6.06. The van der Waals surface area contributed by atoms with Gasteiger partial charge in [0.1, 0.15) is 5.75 Å². The molecule has 0 saturated heterocycles. The summed E-state index contributed by atoms with van der Waals surface area (Å²) in [6.07, 6.45) is 0.987. The van der Waals surface area contributed by atoms with E-state index in [1.807, 2.05) is 0 Å². The number of phenols is 1. The lowest BCUT2D eigenvalue weighted by atomic mass is 10.1. The van der Waals surface area contributed by atoms with Crippen LogP contribution < -0.4 is 11.5 Å². The number of nitrogens with one attached hydrogen (secondary N) is 1. The third kappa shape index (κ3) is 1.58. The third-order valence-corrected chi connectivity index (χ3v) is 1.62. The number of benzene rings is 1. The highest BCUT2D eigenvalue weighted by Crippen LogP contribution is 2.22. The Morgan fingerprint density at radius 3 is 2.62 bits per heavy atom. The van der Waals surface area contributed by atoms with Crippen molar-refractivity contribution in [2.75, 3.05) is 5.73 Å². The molecular weight excluding hydrogens is 170 g/mol. The molecule has 0 unspecified atom stereocenters. The highest BCUT2D eigenvalue weighted by Gasteiger charge is 2.09. The number of aromatic hydroxyl groups is 1. The first-order valence-electron chi connectivity index (χ1n) is 3.49. The van der Waals surface area contributed by atoms with Crippen LogP contribution in [-0.2, 0) is 0 Å². The minimum atomic E-state index is -0.749. The lowest BCUT2D eigenvalue weighted by Gasteiger charge is -2.04. The molecular formula is C8H9N3O2. The number of nitrogen functional groups attached to an aromatic ring is 1. The van der Waals surface area contributed by atoms with Gasteiger partial charge in [0.2, 0.25) is 0 Å². The standard InChI is InChI=1S/C8H9N3O2/c9-3-4-1-5(8(11)13)7(12)2-6(4)10/h1-3,9,12H,10H2,(H2,11,13). The largest absolute Gasteiger partial charge is 0.507 e. The SMILES string of the molecule is N=Cc1cc(C(N)=O)c(O)cc1N. The second kappa shape index (κ2) is 3.14. The molecule has 5 heteroatoms. The van der Waals surface area contributed by atoms with E-state index in [0.717, 1.165) is 6.21 Å². The van der Waals surface area contributed by atoms with Gasteiger partial charge in [-0.05, 0) is 6.07 Å². The Labute approximate surface area is 74.5 Å². The van der Waals surface area contributed by atoms with E-state index in [1.165, 1.54) is 12.1 Å². The van der Waals surface area contributed by atoms with Crippen LogP contribution in [0.15, 0.2) is 12.1 Å². The summed E-state index contributed by atoms with van der Waals surface area (Å²) in [5.41, 5.74) is 11.0. The second-order valence-electron chi connectivity index (χ2n) is 2.51. The Morgan fingerprint density at radius 1 is 1.54 bits per heavy atom. The summed E-state index contributed by atoms with van der Waals surface area (Å²) in [5.74, 6) is -1.02. The van der Waals surface area contributed by atoms with Gasteiger partial charge >= 0.3 is 0 Å². The van der Waals surface area contributed by atoms with E-state index in [4.69, 9.17) is 16.9 Å².